The molecule has 2 fully saturated rings. The van der Waals surface area contributed by atoms with Gasteiger partial charge in [-0.1, -0.05) is 0 Å². The molecule has 1 N–H and O–H groups in total. The largest absolute Gasteiger partial charge is 0.475 e. The molecule has 0 atom stereocenters. The van der Waals surface area contributed by atoms with Crippen LogP contribution in [0.4, 0.5) is 5.95 Å². The molecule has 0 unspecified atom stereocenters. The van der Waals surface area contributed by atoms with Crippen LogP contribution in [0.2, 0.25) is 0 Å². The average molecular weight is 277 g/mol. The van der Waals surface area contributed by atoms with Gasteiger partial charge >= 0.3 is 0 Å². The number of ether oxygens (including phenoxy) is 1. The highest BCUT2D eigenvalue weighted by molar-refractivity contribution is 5.32. The molecule has 110 valence electrons. The van der Waals surface area contributed by atoms with Crippen LogP contribution in [-0.2, 0) is 0 Å². The van der Waals surface area contributed by atoms with Crippen molar-refractivity contribution in [2.75, 3.05) is 44.2 Å². The summed E-state index contributed by atoms with van der Waals surface area (Å²) in [5, 5.41) is 3.33. The van der Waals surface area contributed by atoms with Crippen molar-refractivity contribution >= 4 is 5.95 Å². The fourth-order valence-electron chi connectivity index (χ4n) is 2.61. The lowest BCUT2D eigenvalue weighted by Crippen LogP contribution is -2.61. The Balaban J connectivity index is 1.59. The average Bonchev–Trinajstić information content (AvgIpc) is 2.37. The van der Waals surface area contributed by atoms with E-state index >= 15 is 0 Å². The van der Waals surface area contributed by atoms with E-state index in [1.807, 2.05) is 19.9 Å². The Morgan fingerprint density at radius 2 is 2.00 bits per heavy atom. The molecule has 2 aliphatic rings. The molecule has 0 bridgehead atoms. The number of aromatic nitrogens is 2. The minimum Gasteiger partial charge on any atom is -0.475 e. The number of anilines is 1. The van der Waals surface area contributed by atoms with Gasteiger partial charge in [0.15, 0.2) is 0 Å². The number of nitrogens with zero attached hydrogens (tertiary/aromatic N) is 4. The Morgan fingerprint density at radius 1 is 1.25 bits per heavy atom. The highest BCUT2D eigenvalue weighted by atomic mass is 16.5. The lowest BCUT2D eigenvalue weighted by molar-refractivity contribution is 0.137. The van der Waals surface area contributed by atoms with E-state index in [1.54, 1.807) is 6.20 Å². The van der Waals surface area contributed by atoms with Crippen molar-refractivity contribution < 1.29 is 4.74 Å². The molecule has 0 amide bonds. The minimum absolute atomic E-state index is 0.140. The Hall–Kier alpha value is -1.40. The van der Waals surface area contributed by atoms with Crippen molar-refractivity contribution in [1.29, 1.82) is 0 Å². The van der Waals surface area contributed by atoms with Crippen LogP contribution >= 0.6 is 0 Å². The molecule has 1 aromatic heterocycles. The zero-order valence-corrected chi connectivity index (χ0v) is 12.2. The summed E-state index contributed by atoms with van der Waals surface area (Å²) in [4.78, 5) is 13.7. The van der Waals surface area contributed by atoms with Crippen molar-refractivity contribution in [2.24, 2.45) is 0 Å². The van der Waals surface area contributed by atoms with Gasteiger partial charge in [-0.15, -0.1) is 0 Å². The molecule has 20 heavy (non-hydrogen) atoms. The number of nitrogens with one attached hydrogen (secondary N) is 1. The van der Waals surface area contributed by atoms with Crippen LogP contribution < -0.4 is 15.0 Å². The number of piperazine rings is 1. The van der Waals surface area contributed by atoms with Gasteiger partial charge in [-0.25, -0.2) is 4.98 Å². The van der Waals surface area contributed by atoms with E-state index in [0.717, 1.165) is 51.3 Å². The van der Waals surface area contributed by atoms with E-state index in [1.165, 1.54) is 0 Å². The Labute approximate surface area is 120 Å². The number of hydrogen-bond acceptors (Lipinski definition) is 6. The molecule has 0 saturated carbocycles. The third kappa shape index (κ3) is 3.02. The van der Waals surface area contributed by atoms with Crippen LogP contribution in [0.3, 0.4) is 0 Å². The van der Waals surface area contributed by atoms with Gasteiger partial charge in [0.05, 0.1) is 6.10 Å². The van der Waals surface area contributed by atoms with Crippen LogP contribution in [0.15, 0.2) is 12.3 Å². The highest BCUT2D eigenvalue weighted by Crippen LogP contribution is 2.17. The second kappa shape index (κ2) is 5.93. The first-order valence-corrected chi connectivity index (χ1v) is 7.42. The number of rotatable bonds is 4. The van der Waals surface area contributed by atoms with Gasteiger partial charge < -0.3 is 15.0 Å². The molecule has 0 spiro atoms. The summed E-state index contributed by atoms with van der Waals surface area (Å²) in [5.41, 5.74) is 0. The van der Waals surface area contributed by atoms with Gasteiger partial charge in [0.25, 0.3) is 0 Å². The summed E-state index contributed by atoms with van der Waals surface area (Å²) in [6, 6.07) is 2.55. The van der Waals surface area contributed by atoms with Gasteiger partial charge in [-0.3, -0.25) is 4.90 Å². The zero-order chi connectivity index (χ0) is 13.9. The first-order valence-electron chi connectivity index (χ1n) is 7.42. The third-order valence-corrected chi connectivity index (χ3v) is 3.85. The van der Waals surface area contributed by atoms with Crippen molar-refractivity contribution in [3.8, 4) is 5.88 Å². The highest BCUT2D eigenvalue weighted by Gasteiger charge is 2.28. The molecule has 6 nitrogen and oxygen atoms in total. The molecule has 2 saturated heterocycles. The minimum atomic E-state index is 0.140. The second-order valence-corrected chi connectivity index (χ2v) is 5.70. The summed E-state index contributed by atoms with van der Waals surface area (Å²) in [5.74, 6) is 1.45. The molecular weight excluding hydrogens is 254 g/mol. The Bertz CT molecular complexity index is 441. The molecule has 3 rings (SSSR count). The van der Waals surface area contributed by atoms with Gasteiger partial charge in [0, 0.05) is 57.6 Å². The molecule has 3 heterocycles. The summed E-state index contributed by atoms with van der Waals surface area (Å²) in [7, 11) is 0. The first kappa shape index (κ1) is 13.6. The van der Waals surface area contributed by atoms with Crippen LogP contribution in [0.5, 0.6) is 5.88 Å². The Kier molecular flexibility index (Phi) is 4.03. The summed E-state index contributed by atoms with van der Waals surface area (Å²) >= 11 is 0. The molecule has 0 radical (unpaired) electrons. The second-order valence-electron chi connectivity index (χ2n) is 5.70. The van der Waals surface area contributed by atoms with Crippen LogP contribution in [0.1, 0.15) is 13.8 Å². The number of hydrogen-bond donors (Lipinski definition) is 1. The SMILES string of the molecule is CC(C)Oc1ccnc(N2CCN(C3CNC3)CC2)n1. The van der Waals surface area contributed by atoms with Gasteiger partial charge in [-0.2, -0.15) is 4.98 Å². The van der Waals surface area contributed by atoms with Crippen LogP contribution in [-0.4, -0.2) is 66.3 Å². The van der Waals surface area contributed by atoms with Gasteiger partial charge in [0.2, 0.25) is 11.8 Å². The maximum atomic E-state index is 5.64. The van der Waals surface area contributed by atoms with Crippen molar-refractivity contribution in [3.63, 3.8) is 0 Å². The van der Waals surface area contributed by atoms with Gasteiger partial charge in [0.1, 0.15) is 0 Å². The fourth-order valence-corrected chi connectivity index (χ4v) is 2.61. The standard InChI is InChI=1S/C14H23N5O/c1-11(2)20-13-3-4-16-14(17-13)19-7-5-18(6-8-19)12-9-15-10-12/h3-4,11-12,15H,5-10H2,1-2H3. The molecule has 6 heteroatoms. The van der Waals surface area contributed by atoms with E-state index in [2.05, 4.69) is 25.1 Å². The van der Waals surface area contributed by atoms with E-state index < -0.39 is 0 Å². The topological polar surface area (TPSA) is 53.5 Å². The molecular formula is C14H23N5O. The summed E-state index contributed by atoms with van der Waals surface area (Å²) in [6.07, 6.45) is 1.92. The fraction of sp³-hybridized carbons (Fsp3) is 0.714. The van der Waals surface area contributed by atoms with E-state index in [0.29, 0.717) is 5.88 Å². The monoisotopic (exact) mass is 277 g/mol. The van der Waals surface area contributed by atoms with Crippen molar-refractivity contribution in [2.45, 2.75) is 26.0 Å². The van der Waals surface area contributed by atoms with Crippen LogP contribution in [0, 0.1) is 0 Å². The van der Waals surface area contributed by atoms with E-state index in [-0.39, 0.29) is 6.10 Å². The maximum Gasteiger partial charge on any atom is 0.228 e. The molecule has 0 aliphatic carbocycles. The van der Waals surface area contributed by atoms with Crippen molar-refractivity contribution in [3.05, 3.63) is 12.3 Å². The maximum absolute atomic E-state index is 5.64. The zero-order valence-electron chi connectivity index (χ0n) is 12.2. The van der Waals surface area contributed by atoms with Crippen molar-refractivity contribution in [1.82, 2.24) is 20.2 Å². The van der Waals surface area contributed by atoms with Crippen LogP contribution in [0.25, 0.3) is 0 Å². The molecule has 1 aromatic rings. The third-order valence-electron chi connectivity index (χ3n) is 3.85. The summed E-state index contributed by atoms with van der Waals surface area (Å²) < 4.78 is 5.64. The predicted octanol–water partition coefficient (Wildman–Crippen LogP) is 0.358. The smallest absolute Gasteiger partial charge is 0.228 e. The predicted molar refractivity (Wildman–Crippen MR) is 78.2 cm³/mol. The normalized spacial score (nSPS) is 21.1. The first-order chi connectivity index (χ1) is 9.72. The lowest BCUT2D eigenvalue weighted by Gasteiger charge is -2.43. The lowest BCUT2D eigenvalue weighted by atomic mass is 10.1. The van der Waals surface area contributed by atoms with Gasteiger partial charge in [-0.05, 0) is 13.8 Å². The summed E-state index contributed by atoms with van der Waals surface area (Å²) in [6.45, 7) is 10.4. The molecule has 2 aliphatic heterocycles. The molecule has 0 aromatic carbocycles. The quantitative estimate of drug-likeness (QED) is 0.857. The van der Waals surface area contributed by atoms with E-state index in [9.17, 15) is 0 Å². The van der Waals surface area contributed by atoms with E-state index in [4.69, 9.17) is 4.74 Å². The Morgan fingerprint density at radius 3 is 2.60 bits per heavy atom.